The monoisotopic (exact) mass is 624 g/mol. The van der Waals surface area contributed by atoms with Gasteiger partial charge in [0.25, 0.3) is 0 Å². The summed E-state index contributed by atoms with van der Waals surface area (Å²) in [7, 11) is 0. The molecule has 0 aliphatic carbocycles. The Morgan fingerprint density at radius 3 is 1.53 bits per heavy atom. The van der Waals surface area contributed by atoms with Crippen LogP contribution in [-0.2, 0) is 0 Å². The zero-order chi connectivity index (χ0) is 32.3. The van der Waals surface area contributed by atoms with E-state index in [0.717, 1.165) is 54.9 Å². The fourth-order valence-corrected chi connectivity index (χ4v) is 7.36. The van der Waals surface area contributed by atoms with E-state index in [9.17, 15) is 0 Å². The van der Waals surface area contributed by atoms with Gasteiger partial charge in [0, 0.05) is 39.5 Å². The first kappa shape index (κ1) is 27.5. The molecule has 0 N–H and O–H groups in total. The topological polar surface area (TPSA) is 38.9 Å². The highest BCUT2D eigenvalue weighted by Crippen LogP contribution is 2.38. The lowest BCUT2D eigenvalue weighted by Crippen LogP contribution is -1.89. The van der Waals surface area contributed by atoms with Gasteiger partial charge in [-0.3, -0.25) is 9.97 Å². The molecule has 49 heavy (non-hydrogen) atoms. The third-order valence-electron chi connectivity index (χ3n) is 9.79. The zero-order valence-electron chi connectivity index (χ0n) is 26.5. The molecule has 228 valence electrons. The summed E-state index contributed by atoms with van der Waals surface area (Å²) in [5.74, 6) is 0. The molecule has 0 saturated carbocycles. The van der Waals surface area contributed by atoms with Crippen LogP contribution in [0.15, 0.2) is 175 Å². The normalized spacial score (nSPS) is 11.7. The van der Waals surface area contributed by atoms with Gasteiger partial charge >= 0.3 is 0 Å². The number of furan rings is 1. The molecule has 10 aromatic rings. The van der Waals surface area contributed by atoms with E-state index in [1.54, 1.807) is 12.4 Å². The molecule has 2 aromatic heterocycles. The van der Waals surface area contributed by atoms with Crippen molar-refractivity contribution in [1.82, 2.24) is 9.97 Å². The molecule has 0 saturated heterocycles. The van der Waals surface area contributed by atoms with Gasteiger partial charge < -0.3 is 4.42 Å². The van der Waals surface area contributed by atoms with Crippen molar-refractivity contribution < 1.29 is 4.42 Å². The van der Waals surface area contributed by atoms with Crippen molar-refractivity contribution in [2.75, 3.05) is 0 Å². The predicted molar refractivity (Wildman–Crippen MR) is 204 cm³/mol. The number of hydrogen-bond acceptors (Lipinski definition) is 3. The summed E-state index contributed by atoms with van der Waals surface area (Å²) in [4.78, 5) is 9.38. The maximum absolute atomic E-state index is 6.30. The van der Waals surface area contributed by atoms with E-state index in [4.69, 9.17) is 9.40 Å². The lowest BCUT2D eigenvalue weighted by molar-refractivity contribution is 0.670. The summed E-state index contributed by atoms with van der Waals surface area (Å²) in [5, 5.41) is 6.94. The van der Waals surface area contributed by atoms with Crippen LogP contribution in [0.3, 0.4) is 0 Å². The van der Waals surface area contributed by atoms with Crippen molar-refractivity contribution in [2.45, 2.75) is 0 Å². The average molecular weight is 625 g/mol. The largest absolute Gasteiger partial charge is 0.455 e. The van der Waals surface area contributed by atoms with E-state index >= 15 is 0 Å². The Hall–Kier alpha value is -6.58. The molecule has 0 aliphatic rings. The SMILES string of the molecule is c1cc(-c2ccc(-c3ccc4c(c3)c3ccccc3c3nccnc43)cc2)cc(-c2ccc(-c3cccc4c3oc3ccccc34)cc2)c1. The van der Waals surface area contributed by atoms with Crippen LogP contribution in [0.25, 0.3) is 99.0 Å². The number of nitrogens with zero attached hydrogens (tertiary/aromatic N) is 2. The molecule has 8 aromatic carbocycles. The van der Waals surface area contributed by atoms with Crippen molar-refractivity contribution >= 4 is 54.5 Å². The lowest BCUT2D eigenvalue weighted by atomic mass is 9.94. The Balaban J connectivity index is 0.963. The Labute approximate surface area is 282 Å². The molecular formula is C46H28N2O. The second kappa shape index (κ2) is 11.0. The molecule has 0 radical (unpaired) electrons. The summed E-state index contributed by atoms with van der Waals surface area (Å²) in [6, 6.07) is 56.3. The third-order valence-corrected chi connectivity index (χ3v) is 9.79. The van der Waals surface area contributed by atoms with Crippen LogP contribution in [0.5, 0.6) is 0 Å². The summed E-state index contributed by atoms with van der Waals surface area (Å²) >= 11 is 0. The van der Waals surface area contributed by atoms with Gasteiger partial charge in [0.2, 0.25) is 0 Å². The van der Waals surface area contributed by atoms with Crippen LogP contribution < -0.4 is 0 Å². The van der Waals surface area contributed by atoms with E-state index in [-0.39, 0.29) is 0 Å². The molecule has 2 heterocycles. The first-order chi connectivity index (χ1) is 24.3. The molecule has 0 unspecified atom stereocenters. The Morgan fingerprint density at radius 2 is 0.837 bits per heavy atom. The zero-order valence-corrected chi connectivity index (χ0v) is 26.5. The van der Waals surface area contributed by atoms with Gasteiger partial charge in [-0.25, -0.2) is 0 Å². The van der Waals surface area contributed by atoms with E-state index < -0.39 is 0 Å². The van der Waals surface area contributed by atoms with Crippen molar-refractivity contribution in [2.24, 2.45) is 0 Å². The number of fused-ring (bicyclic) bond motifs is 9. The second-order valence-electron chi connectivity index (χ2n) is 12.6. The highest BCUT2D eigenvalue weighted by atomic mass is 16.3. The summed E-state index contributed by atoms with van der Waals surface area (Å²) in [5.41, 5.74) is 13.1. The molecule has 10 rings (SSSR count). The van der Waals surface area contributed by atoms with Crippen LogP contribution in [0.1, 0.15) is 0 Å². The average Bonchev–Trinajstić information content (AvgIpc) is 3.57. The van der Waals surface area contributed by atoms with Crippen LogP contribution in [0, 0.1) is 0 Å². The summed E-state index contributed by atoms with van der Waals surface area (Å²) in [6.45, 7) is 0. The van der Waals surface area contributed by atoms with Crippen LogP contribution in [0.4, 0.5) is 0 Å². The molecule has 0 bridgehead atoms. The highest BCUT2D eigenvalue weighted by molar-refractivity contribution is 6.23. The van der Waals surface area contributed by atoms with Gasteiger partial charge in [-0.1, -0.05) is 140 Å². The van der Waals surface area contributed by atoms with Crippen LogP contribution in [-0.4, -0.2) is 9.97 Å². The first-order valence-electron chi connectivity index (χ1n) is 16.6. The fraction of sp³-hybridized carbons (Fsp3) is 0. The Bertz CT molecular complexity index is 2830. The smallest absolute Gasteiger partial charge is 0.143 e. The third kappa shape index (κ3) is 4.51. The van der Waals surface area contributed by atoms with Crippen molar-refractivity contribution in [1.29, 1.82) is 0 Å². The molecule has 0 spiro atoms. The van der Waals surface area contributed by atoms with Gasteiger partial charge in [-0.2, -0.15) is 0 Å². The molecule has 0 amide bonds. The molecular weight excluding hydrogens is 597 g/mol. The second-order valence-corrected chi connectivity index (χ2v) is 12.6. The lowest BCUT2D eigenvalue weighted by Gasteiger charge is -2.11. The molecule has 3 nitrogen and oxygen atoms in total. The molecule has 0 atom stereocenters. The van der Waals surface area contributed by atoms with Gasteiger partial charge in [-0.15, -0.1) is 0 Å². The van der Waals surface area contributed by atoms with Crippen molar-refractivity contribution in [3.63, 3.8) is 0 Å². The maximum Gasteiger partial charge on any atom is 0.143 e. The number of para-hydroxylation sites is 2. The number of hydrogen-bond donors (Lipinski definition) is 0. The Morgan fingerprint density at radius 1 is 0.327 bits per heavy atom. The number of rotatable bonds is 4. The van der Waals surface area contributed by atoms with E-state index in [1.165, 1.54) is 44.2 Å². The van der Waals surface area contributed by atoms with Gasteiger partial charge in [-0.05, 0) is 67.9 Å². The fourth-order valence-electron chi connectivity index (χ4n) is 7.36. The van der Waals surface area contributed by atoms with Gasteiger partial charge in [0.15, 0.2) is 0 Å². The maximum atomic E-state index is 6.30. The Kier molecular flexibility index (Phi) is 6.18. The van der Waals surface area contributed by atoms with Crippen LogP contribution >= 0.6 is 0 Å². The minimum absolute atomic E-state index is 0.918. The summed E-state index contributed by atoms with van der Waals surface area (Å²) < 4.78 is 6.30. The highest BCUT2D eigenvalue weighted by Gasteiger charge is 2.13. The summed E-state index contributed by atoms with van der Waals surface area (Å²) in [6.07, 6.45) is 3.55. The number of aromatic nitrogens is 2. The quantitative estimate of drug-likeness (QED) is 0.183. The molecule has 0 aliphatic heterocycles. The van der Waals surface area contributed by atoms with E-state index in [2.05, 4.69) is 151 Å². The molecule has 3 heteroatoms. The minimum atomic E-state index is 0.918. The van der Waals surface area contributed by atoms with E-state index in [0.29, 0.717) is 0 Å². The van der Waals surface area contributed by atoms with E-state index in [1.807, 2.05) is 12.1 Å². The first-order valence-corrected chi connectivity index (χ1v) is 16.6. The van der Waals surface area contributed by atoms with Crippen molar-refractivity contribution in [3.8, 4) is 44.5 Å². The standard InChI is InChI=1S/C46H28N2O/c1-2-11-39-37(9-1)42-28-35(23-24-40(42)45-44(39)47-25-26-48-45)31-17-15-29(16-18-31)33-7-5-8-34(27-33)30-19-21-32(22-20-30)36-12-6-13-41-38-10-3-4-14-43(38)49-46(36)41/h1-28H. The van der Waals surface area contributed by atoms with Gasteiger partial charge in [0.05, 0.1) is 11.0 Å². The predicted octanol–water partition coefficient (Wildman–Crippen LogP) is 12.5. The minimum Gasteiger partial charge on any atom is -0.455 e. The van der Waals surface area contributed by atoms with Gasteiger partial charge in [0.1, 0.15) is 11.2 Å². The molecule has 0 fully saturated rings. The van der Waals surface area contributed by atoms with Crippen molar-refractivity contribution in [3.05, 3.63) is 170 Å². The van der Waals surface area contributed by atoms with Crippen LogP contribution in [0.2, 0.25) is 0 Å². The number of benzene rings is 8.